The monoisotopic (exact) mass is 452 g/mol. The van der Waals surface area contributed by atoms with E-state index in [1.165, 1.54) is 6.07 Å². The van der Waals surface area contributed by atoms with Crippen LogP contribution in [0.3, 0.4) is 0 Å². The average molecular weight is 453 g/mol. The number of amides is 2. The number of amidine groups is 1. The highest BCUT2D eigenvalue weighted by Crippen LogP contribution is 2.18. The standard InChI is InChI=1S/C22H21ClN6O3/c23-17-4-2-1-3-16(17)21(30)27-18-13-19(29-28-18)32-22(31)26-10-9-14-5-7-15(8-6-14)20-24-11-12-25-20/h1-8,13H,9-12H2,(H,24,25)(H,26,31)(H2,27,28,29,30). The van der Waals surface area contributed by atoms with E-state index in [9.17, 15) is 9.59 Å². The molecule has 1 aliphatic rings. The second kappa shape index (κ2) is 9.97. The predicted molar refractivity (Wildman–Crippen MR) is 122 cm³/mol. The number of anilines is 1. The summed E-state index contributed by atoms with van der Waals surface area (Å²) in [5, 5.41) is 15.3. The summed E-state index contributed by atoms with van der Waals surface area (Å²) in [6, 6.07) is 16.1. The number of hydrogen-bond acceptors (Lipinski definition) is 6. The third-order valence-electron chi connectivity index (χ3n) is 4.70. The van der Waals surface area contributed by atoms with Crippen LogP contribution in [-0.4, -0.2) is 47.7 Å². The maximum Gasteiger partial charge on any atom is 0.414 e. The Morgan fingerprint density at radius 2 is 1.94 bits per heavy atom. The number of nitrogens with one attached hydrogen (secondary N) is 4. The molecule has 10 heteroatoms. The van der Waals surface area contributed by atoms with Crippen molar-refractivity contribution in [3.05, 3.63) is 76.3 Å². The van der Waals surface area contributed by atoms with E-state index in [-0.39, 0.29) is 11.7 Å². The van der Waals surface area contributed by atoms with Crippen LogP contribution >= 0.6 is 11.6 Å². The summed E-state index contributed by atoms with van der Waals surface area (Å²) >= 11 is 6.02. The normalized spacial score (nSPS) is 12.6. The smallest absolute Gasteiger partial charge is 0.390 e. The van der Waals surface area contributed by atoms with Crippen LogP contribution < -0.4 is 20.7 Å². The zero-order chi connectivity index (χ0) is 22.3. The van der Waals surface area contributed by atoms with Gasteiger partial charge in [0.05, 0.1) is 17.1 Å². The molecule has 2 heterocycles. The molecular weight excluding hydrogens is 432 g/mol. The van der Waals surface area contributed by atoms with E-state index >= 15 is 0 Å². The van der Waals surface area contributed by atoms with Crippen LogP contribution in [0.2, 0.25) is 5.02 Å². The molecule has 9 nitrogen and oxygen atoms in total. The van der Waals surface area contributed by atoms with Gasteiger partial charge in [-0.2, -0.15) is 0 Å². The largest absolute Gasteiger partial charge is 0.414 e. The Bertz CT molecular complexity index is 1140. The van der Waals surface area contributed by atoms with Crippen molar-refractivity contribution in [1.29, 1.82) is 0 Å². The van der Waals surface area contributed by atoms with Crippen molar-refractivity contribution in [2.45, 2.75) is 6.42 Å². The van der Waals surface area contributed by atoms with Crippen molar-refractivity contribution < 1.29 is 14.3 Å². The Labute approximate surface area is 189 Å². The molecule has 0 unspecified atom stereocenters. The molecule has 0 aliphatic carbocycles. The van der Waals surface area contributed by atoms with Crippen LogP contribution in [0.1, 0.15) is 21.5 Å². The number of nitrogens with zero attached hydrogens (tertiary/aromatic N) is 2. The summed E-state index contributed by atoms with van der Waals surface area (Å²) in [4.78, 5) is 28.7. The Hall–Kier alpha value is -3.85. The van der Waals surface area contributed by atoms with E-state index in [1.807, 2.05) is 24.3 Å². The number of H-pyrrole nitrogens is 1. The summed E-state index contributed by atoms with van der Waals surface area (Å²) in [6.07, 6.45) is 0.0104. The van der Waals surface area contributed by atoms with Crippen LogP contribution in [0.4, 0.5) is 10.6 Å². The summed E-state index contributed by atoms with van der Waals surface area (Å²) in [5.41, 5.74) is 2.45. The molecule has 0 saturated carbocycles. The third kappa shape index (κ3) is 5.44. The quantitative estimate of drug-likeness (QED) is 0.439. The number of aromatic amines is 1. The lowest BCUT2D eigenvalue weighted by Gasteiger charge is -2.06. The van der Waals surface area contributed by atoms with Crippen LogP contribution in [0.15, 0.2) is 59.6 Å². The second-order valence-corrected chi connectivity index (χ2v) is 7.38. The maximum absolute atomic E-state index is 12.3. The minimum Gasteiger partial charge on any atom is -0.390 e. The molecular formula is C22H21ClN6O3. The van der Waals surface area contributed by atoms with Gasteiger partial charge in [-0.1, -0.05) is 48.0 Å². The second-order valence-electron chi connectivity index (χ2n) is 6.97. The summed E-state index contributed by atoms with van der Waals surface area (Å²) in [6.45, 7) is 2.07. The number of benzene rings is 2. The van der Waals surface area contributed by atoms with Crippen molar-refractivity contribution in [3.8, 4) is 5.88 Å². The van der Waals surface area contributed by atoms with Gasteiger partial charge in [-0.3, -0.25) is 14.9 Å². The molecule has 2 amide bonds. The van der Waals surface area contributed by atoms with Crippen molar-refractivity contribution in [3.63, 3.8) is 0 Å². The fraction of sp³-hybridized carbons (Fsp3) is 0.182. The van der Waals surface area contributed by atoms with E-state index in [1.54, 1.807) is 24.3 Å². The van der Waals surface area contributed by atoms with E-state index in [0.29, 0.717) is 23.6 Å². The lowest BCUT2D eigenvalue weighted by Crippen LogP contribution is -2.28. The fourth-order valence-electron chi connectivity index (χ4n) is 3.12. The van der Waals surface area contributed by atoms with Gasteiger partial charge >= 0.3 is 6.09 Å². The van der Waals surface area contributed by atoms with Gasteiger partial charge in [-0.05, 0) is 24.1 Å². The molecule has 32 heavy (non-hydrogen) atoms. The Balaban J connectivity index is 1.22. The molecule has 3 aromatic rings. The molecule has 0 bridgehead atoms. The molecule has 4 N–H and O–H groups in total. The first-order valence-corrected chi connectivity index (χ1v) is 10.4. The van der Waals surface area contributed by atoms with Gasteiger partial charge < -0.3 is 20.7 Å². The minimum absolute atomic E-state index is 0.0335. The van der Waals surface area contributed by atoms with E-state index in [0.717, 1.165) is 30.1 Å². The first-order chi connectivity index (χ1) is 15.6. The van der Waals surface area contributed by atoms with Crippen molar-refractivity contribution in [2.24, 2.45) is 4.99 Å². The first kappa shape index (κ1) is 21.4. The number of halogens is 1. The first-order valence-electron chi connectivity index (χ1n) is 10.0. The zero-order valence-electron chi connectivity index (χ0n) is 17.0. The average Bonchev–Trinajstić information content (AvgIpc) is 3.47. The van der Waals surface area contributed by atoms with Crippen LogP contribution in [0, 0.1) is 0 Å². The van der Waals surface area contributed by atoms with Crippen LogP contribution in [-0.2, 0) is 6.42 Å². The number of ether oxygens (including phenoxy) is 1. The molecule has 4 rings (SSSR count). The molecule has 1 aliphatic heterocycles. The van der Waals surface area contributed by atoms with E-state index in [4.69, 9.17) is 16.3 Å². The molecule has 2 aromatic carbocycles. The van der Waals surface area contributed by atoms with Gasteiger partial charge in [0.1, 0.15) is 11.7 Å². The van der Waals surface area contributed by atoms with Gasteiger partial charge in [0.2, 0.25) is 5.88 Å². The molecule has 0 radical (unpaired) electrons. The summed E-state index contributed by atoms with van der Waals surface area (Å²) in [7, 11) is 0. The number of hydrogen-bond donors (Lipinski definition) is 4. The van der Waals surface area contributed by atoms with Gasteiger partial charge in [-0.25, -0.2) is 4.79 Å². The number of carbonyl (C=O) groups is 2. The SMILES string of the molecule is O=C(NCCc1ccc(C2=NCCN2)cc1)Oc1cc(NC(=O)c2ccccc2Cl)[nH]n1. The summed E-state index contributed by atoms with van der Waals surface area (Å²) < 4.78 is 5.14. The Morgan fingerprint density at radius 3 is 2.69 bits per heavy atom. The molecule has 0 fully saturated rings. The van der Waals surface area contributed by atoms with Crippen LogP contribution in [0.5, 0.6) is 5.88 Å². The lowest BCUT2D eigenvalue weighted by atomic mass is 10.1. The van der Waals surface area contributed by atoms with Gasteiger partial charge in [0, 0.05) is 24.7 Å². The zero-order valence-corrected chi connectivity index (χ0v) is 17.8. The predicted octanol–water partition coefficient (Wildman–Crippen LogP) is 3.00. The van der Waals surface area contributed by atoms with E-state index < -0.39 is 12.0 Å². The van der Waals surface area contributed by atoms with Crippen LogP contribution in [0.25, 0.3) is 0 Å². The van der Waals surface area contributed by atoms with Crippen molar-refractivity contribution in [1.82, 2.24) is 20.8 Å². The minimum atomic E-state index is -0.637. The molecule has 0 atom stereocenters. The maximum atomic E-state index is 12.3. The topological polar surface area (TPSA) is 120 Å². The highest BCUT2D eigenvalue weighted by Gasteiger charge is 2.13. The van der Waals surface area contributed by atoms with Gasteiger partial charge in [0.15, 0.2) is 0 Å². The van der Waals surface area contributed by atoms with E-state index in [2.05, 4.69) is 31.1 Å². The Kier molecular flexibility index (Phi) is 6.66. The van der Waals surface area contributed by atoms with Gasteiger partial charge in [-0.15, -0.1) is 5.10 Å². The molecule has 0 saturated heterocycles. The Morgan fingerprint density at radius 1 is 1.12 bits per heavy atom. The fourth-order valence-corrected chi connectivity index (χ4v) is 3.34. The molecule has 1 aromatic heterocycles. The lowest BCUT2D eigenvalue weighted by molar-refractivity contribution is 0.102. The molecule has 0 spiro atoms. The highest BCUT2D eigenvalue weighted by molar-refractivity contribution is 6.34. The van der Waals surface area contributed by atoms with Crippen molar-refractivity contribution >= 4 is 35.3 Å². The number of carbonyl (C=O) groups excluding carboxylic acids is 2. The number of aromatic nitrogens is 2. The number of rotatable bonds is 7. The van der Waals surface area contributed by atoms with Crippen molar-refractivity contribution in [2.75, 3.05) is 25.0 Å². The third-order valence-corrected chi connectivity index (χ3v) is 5.03. The highest BCUT2D eigenvalue weighted by atomic mass is 35.5. The molecule has 164 valence electrons. The summed E-state index contributed by atoms with van der Waals surface area (Å²) in [5.74, 6) is 0.821. The number of aliphatic imine (C=N–C) groups is 1. The van der Waals surface area contributed by atoms with Gasteiger partial charge in [0.25, 0.3) is 5.91 Å².